The number of carbonyl (C=O) groups is 1. The monoisotopic (exact) mass is 325 g/mol. The van der Waals surface area contributed by atoms with Crippen LogP contribution in [0.2, 0.25) is 0 Å². The van der Waals surface area contributed by atoms with E-state index in [1.165, 1.54) is 11.3 Å². The molecule has 0 aliphatic carbocycles. The Morgan fingerprint density at radius 1 is 1.17 bits per heavy atom. The lowest BCUT2D eigenvalue weighted by Gasteiger charge is -2.33. The van der Waals surface area contributed by atoms with E-state index in [9.17, 15) is 4.79 Å². The zero-order valence-electron chi connectivity index (χ0n) is 13.2. The fraction of sp³-hybridized carbons (Fsp3) is 0.333. The highest BCUT2D eigenvalue weighted by Gasteiger charge is 2.22. The molecule has 1 aromatic carbocycles. The van der Waals surface area contributed by atoms with Crippen molar-refractivity contribution in [1.82, 2.24) is 14.8 Å². The minimum Gasteiger partial charge on any atom is -0.335 e. The fourth-order valence-electron chi connectivity index (χ4n) is 2.50. The molecule has 0 bridgehead atoms. The molecule has 0 unspecified atom stereocenters. The predicted octanol–water partition coefficient (Wildman–Crippen LogP) is 2.32. The van der Waals surface area contributed by atoms with E-state index in [1.807, 2.05) is 35.2 Å². The summed E-state index contributed by atoms with van der Waals surface area (Å²) in [6.45, 7) is 6.66. The number of hydrogen-bond donors (Lipinski definition) is 0. The fourth-order valence-corrected chi connectivity index (χ4v) is 3.24. The number of likely N-dealkylation sites (N-methyl/N-ethyl adjacent to an activating group) is 1. The number of rotatable bonds is 2. The molecule has 2 aromatic rings. The molecule has 1 aliphatic rings. The molecule has 5 heteroatoms. The van der Waals surface area contributed by atoms with E-state index in [1.54, 1.807) is 6.20 Å². The molecule has 0 saturated carbocycles. The van der Waals surface area contributed by atoms with Gasteiger partial charge in [0, 0.05) is 31.7 Å². The van der Waals surface area contributed by atoms with Crippen LogP contribution in [0, 0.1) is 11.8 Å². The summed E-state index contributed by atoms with van der Waals surface area (Å²) < 4.78 is 0. The van der Waals surface area contributed by atoms with Gasteiger partial charge in [-0.3, -0.25) is 4.79 Å². The third-order valence-electron chi connectivity index (χ3n) is 3.91. The maximum Gasteiger partial charge on any atom is 0.265 e. The highest BCUT2D eigenvalue weighted by molar-refractivity contribution is 7.14. The number of amides is 1. The van der Waals surface area contributed by atoms with Gasteiger partial charge in [0.15, 0.2) is 5.01 Å². The first-order chi connectivity index (χ1) is 11.3. The summed E-state index contributed by atoms with van der Waals surface area (Å²) in [4.78, 5) is 21.7. The number of nitrogens with zero attached hydrogens (tertiary/aromatic N) is 3. The van der Waals surface area contributed by atoms with Crippen molar-refractivity contribution in [1.29, 1.82) is 0 Å². The number of thiazole rings is 1. The average Bonchev–Trinajstić information content (AvgIpc) is 3.09. The average molecular weight is 325 g/mol. The third-order valence-corrected chi connectivity index (χ3v) is 4.81. The largest absolute Gasteiger partial charge is 0.335 e. The van der Waals surface area contributed by atoms with Gasteiger partial charge in [-0.2, -0.15) is 0 Å². The van der Waals surface area contributed by atoms with Crippen LogP contribution in [0.3, 0.4) is 0 Å². The van der Waals surface area contributed by atoms with Crippen LogP contribution in [0.1, 0.15) is 27.2 Å². The summed E-state index contributed by atoms with van der Waals surface area (Å²) in [7, 11) is 0. The van der Waals surface area contributed by atoms with Crippen LogP contribution in [-0.2, 0) is 0 Å². The Labute approximate surface area is 140 Å². The van der Waals surface area contributed by atoms with Crippen molar-refractivity contribution in [3.63, 3.8) is 0 Å². The Morgan fingerprint density at radius 2 is 1.91 bits per heavy atom. The zero-order chi connectivity index (χ0) is 16.1. The second-order valence-electron chi connectivity index (χ2n) is 5.37. The first-order valence-corrected chi connectivity index (χ1v) is 8.62. The van der Waals surface area contributed by atoms with Crippen molar-refractivity contribution < 1.29 is 4.79 Å². The molecule has 0 radical (unpaired) electrons. The van der Waals surface area contributed by atoms with E-state index in [0.29, 0.717) is 9.88 Å². The second kappa shape index (κ2) is 7.40. The Hall–Kier alpha value is -2.16. The number of hydrogen-bond acceptors (Lipinski definition) is 4. The Kier molecular flexibility index (Phi) is 5.06. The number of piperazine rings is 1. The van der Waals surface area contributed by atoms with Gasteiger partial charge >= 0.3 is 0 Å². The number of benzene rings is 1. The van der Waals surface area contributed by atoms with Crippen LogP contribution < -0.4 is 0 Å². The normalized spacial score (nSPS) is 15.1. The van der Waals surface area contributed by atoms with Gasteiger partial charge in [-0.05, 0) is 24.6 Å². The summed E-state index contributed by atoms with van der Waals surface area (Å²) in [5.41, 5.74) is 0.950. The van der Waals surface area contributed by atoms with E-state index in [2.05, 4.69) is 28.6 Å². The Bertz CT molecular complexity index is 721. The first-order valence-electron chi connectivity index (χ1n) is 7.81. The highest BCUT2D eigenvalue weighted by Crippen LogP contribution is 2.16. The van der Waals surface area contributed by atoms with Gasteiger partial charge in [0.2, 0.25) is 0 Å². The molecule has 3 rings (SSSR count). The minimum absolute atomic E-state index is 0.0750. The van der Waals surface area contributed by atoms with Crippen molar-refractivity contribution in [2.75, 3.05) is 32.7 Å². The summed E-state index contributed by atoms with van der Waals surface area (Å²) in [6.07, 6.45) is 1.65. The van der Waals surface area contributed by atoms with E-state index in [4.69, 9.17) is 0 Å². The van der Waals surface area contributed by atoms with Gasteiger partial charge in [0.05, 0.1) is 6.20 Å². The lowest BCUT2D eigenvalue weighted by molar-refractivity contribution is 0.0648. The minimum atomic E-state index is 0.0750. The van der Waals surface area contributed by atoms with E-state index >= 15 is 0 Å². The van der Waals surface area contributed by atoms with E-state index in [-0.39, 0.29) is 5.91 Å². The Morgan fingerprint density at radius 3 is 2.61 bits per heavy atom. The second-order valence-corrected chi connectivity index (χ2v) is 6.40. The van der Waals surface area contributed by atoms with Crippen molar-refractivity contribution in [3.8, 4) is 11.8 Å². The van der Waals surface area contributed by atoms with Crippen molar-refractivity contribution in [2.24, 2.45) is 0 Å². The van der Waals surface area contributed by atoms with Crippen molar-refractivity contribution in [2.45, 2.75) is 6.92 Å². The molecule has 4 nitrogen and oxygen atoms in total. The van der Waals surface area contributed by atoms with Gasteiger partial charge in [-0.15, -0.1) is 11.3 Å². The standard InChI is InChI=1S/C18H19N3OS/c1-2-20-10-12-21(13-11-20)18(22)16-14-19-17(23-16)9-8-15-6-4-3-5-7-15/h3-7,14H,2,10-13H2,1H3. The SMILES string of the molecule is CCN1CCN(C(=O)c2cnc(C#Cc3ccccc3)s2)CC1. The highest BCUT2D eigenvalue weighted by atomic mass is 32.1. The summed E-state index contributed by atoms with van der Waals surface area (Å²) in [5.74, 6) is 6.18. The molecule has 1 amide bonds. The molecule has 0 N–H and O–H groups in total. The molecular formula is C18H19N3OS. The van der Waals surface area contributed by atoms with Crippen LogP contribution in [0.4, 0.5) is 0 Å². The van der Waals surface area contributed by atoms with Gasteiger partial charge < -0.3 is 9.80 Å². The van der Waals surface area contributed by atoms with Crippen LogP contribution >= 0.6 is 11.3 Å². The van der Waals surface area contributed by atoms with Gasteiger partial charge in [0.25, 0.3) is 5.91 Å². The molecule has 1 aromatic heterocycles. The van der Waals surface area contributed by atoms with Gasteiger partial charge in [0.1, 0.15) is 4.88 Å². The molecule has 0 atom stereocenters. The molecule has 0 spiro atoms. The van der Waals surface area contributed by atoms with Crippen LogP contribution in [0.5, 0.6) is 0 Å². The van der Waals surface area contributed by atoms with Crippen molar-refractivity contribution in [3.05, 3.63) is 52.0 Å². The van der Waals surface area contributed by atoms with Gasteiger partial charge in [-0.25, -0.2) is 4.98 Å². The molecule has 1 fully saturated rings. The lowest BCUT2D eigenvalue weighted by Crippen LogP contribution is -2.48. The van der Waals surface area contributed by atoms with Crippen molar-refractivity contribution >= 4 is 17.2 Å². The third kappa shape index (κ3) is 3.98. The van der Waals surface area contributed by atoms with Gasteiger partial charge in [-0.1, -0.05) is 31.0 Å². The summed E-state index contributed by atoms with van der Waals surface area (Å²) >= 11 is 1.37. The van der Waals surface area contributed by atoms with Crippen LogP contribution in [-0.4, -0.2) is 53.4 Å². The zero-order valence-corrected chi connectivity index (χ0v) is 14.0. The molecule has 2 heterocycles. The molecular weight excluding hydrogens is 306 g/mol. The maximum atomic E-state index is 12.5. The Balaban J connectivity index is 1.65. The molecule has 23 heavy (non-hydrogen) atoms. The molecule has 1 aliphatic heterocycles. The smallest absolute Gasteiger partial charge is 0.265 e. The van der Waals surface area contributed by atoms with E-state index < -0.39 is 0 Å². The predicted molar refractivity (Wildman–Crippen MR) is 92.6 cm³/mol. The van der Waals surface area contributed by atoms with E-state index in [0.717, 1.165) is 38.3 Å². The first kappa shape index (κ1) is 15.7. The topological polar surface area (TPSA) is 36.4 Å². The lowest BCUT2D eigenvalue weighted by atomic mass is 10.2. The van der Waals surface area contributed by atoms with Crippen LogP contribution in [0.25, 0.3) is 0 Å². The van der Waals surface area contributed by atoms with Crippen LogP contribution in [0.15, 0.2) is 36.5 Å². The number of carbonyl (C=O) groups excluding carboxylic acids is 1. The maximum absolute atomic E-state index is 12.5. The number of aromatic nitrogens is 1. The molecule has 118 valence electrons. The molecule has 1 saturated heterocycles. The summed E-state index contributed by atoms with van der Waals surface area (Å²) in [6, 6.07) is 9.79. The quantitative estimate of drug-likeness (QED) is 0.795. The summed E-state index contributed by atoms with van der Waals surface area (Å²) in [5, 5.41) is 0.685.